The van der Waals surface area contributed by atoms with Crippen molar-refractivity contribution in [3.8, 4) is 5.75 Å². The molecule has 1 aliphatic rings. The summed E-state index contributed by atoms with van der Waals surface area (Å²) < 4.78 is 45.3. The first kappa shape index (κ1) is 21.7. The molecule has 0 radical (unpaired) electrons. The number of nitrogens with one attached hydrogen (secondary N) is 2. The zero-order chi connectivity index (χ0) is 22.1. The summed E-state index contributed by atoms with van der Waals surface area (Å²) in [5, 5.41) is 5.21. The van der Waals surface area contributed by atoms with Gasteiger partial charge in [-0.05, 0) is 42.8 Å². The quantitative estimate of drug-likeness (QED) is 0.726. The molecule has 0 saturated carbocycles. The third-order valence-electron chi connectivity index (χ3n) is 4.64. The maximum absolute atomic E-state index is 13.5. The summed E-state index contributed by atoms with van der Waals surface area (Å²) in [6.45, 7) is 2.00. The average molecular weight is 435 g/mol. The van der Waals surface area contributed by atoms with E-state index >= 15 is 0 Å². The molecule has 2 N–H and O–H groups in total. The van der Waals surface area contributed by atoms with Gasteiger partial charge < -0.3 is 15.4 Å². The third-order valence-corrected chi connectivity index (χ3v) is 6.48. The number of rotatable bonds is 6. The fourth-order valence-electron chi connectivity index (χ4n) is 3.16. The van der Waals surface area contributed by atoms with Gasteiger partial charge in [-0.2, -0.15) is 0 Å². The molecule has 0 saturated heterocycles. The fraction of sp³-hybridized carbons (Fsp3) is 0.300. The molecule has 10 heteroatoms. The summed E-state index contributed by atoms with van der Waals surface area (Å²) in [6, 6.07) is 8.13. The minimum absolute atomic E-state index is 0.0870. The molecule has 1 aliphatic heterocycles. The summed E-state index contributed by atoms with van der Waals surface area (Å²) in [5.74, 6) is -2.11. The van der Waals surface area contributed by atoms with Crippen LogP contribution < -0.4 is 15.4 Å². The molecular weight excluding hydrogens is 413 g/mol. The molecule has 1 unspecified atom stereocenters. The van der Waals surface area contributed by atoms with Gasteiger partial charge in [0.1, 0.15) is 16.5 Å². The molecule has 2 aromatic rings. The van der Waals surface area contributed by atoms with E-state index in [1.807, 2.05) is 0 Å². The summed E-state index contributed by atoms with van der Waals surface area (Å²) in [6.07, 6.45) is -0.107. The highest BCUT2D eigenvalue weighted by molar-refractivity contribution is 7.89. The lowest BCUT2D eigenvalue weighted by Gasteiger charge is -2.25. The predicted molar refractivity (Wildman–Crippen MR) is 110 cm³/mol. The first-order chi connectivity index (χ1) is 14.1. The van der Waals surface area contributed by atoms with Crippen LogP contribution in [0.5, 0.6) is 5.75 Å². The normalized spacial score (nSPS) is 16.0. The fourth-order valence-corrected chi connectivity index (χ4v) is 4.21. The maximum Gasteiger partial charge on any atom is 0.246 e. The van der Waals surface area contributed by atoms with Gasteiger partial charge in [-0.15, -0.1) is 0 Å². The second-order valence-electron chi connectivity index (χ2n) is 6.91. The topological polar surface area (TPSA) is 105 Å². The third kappa shape index (κ3) is 4.29. The van der Waals surface area contributed by atoms with Crippen LogP contribution in [-0.2, 0) is 19.6 Å². The standard InChI is InChI=1S/C20H22FN3O5S/c1-4-29-17-8-6-13(10-18(17)30(27,28)24(2)3)22-20(26)15-11-19(25)23-16-9-12(21)5-7-14(15)16/h5-10,15H,4,11H2,1-3H3,(H,22,26)(H,23,25). The Morgan fingerprint density at radius 1 is 1.27 bits per heavy atom. The van der Waals surface area contributed by atoms with Crippen LogP contribution in [0.2, 0.25) is 0 Å². The van der Waals surface area contributed by atoms with Crippen LogP contribution in [-0.4, -0.2) is 45.2 Å². The molecule has 1 atom stereocenters. The minimum Gasteiger partial charge on any atom is -0.492 e. The van der Waals surface area contributed by atoms with Gasteiger partial charge in [0.15, 0.2) is 0 Å². The molecule has 3 rings (SSSR count). The van der Waals surface area contributed by atoms with E-state index in [9.17, 15) is 22.4 Å². The molecule has 160 valence electrons. The van der Waals surface area contributed by atoms with Crippen LogP contribution in [0.15, 0.2) is 41.3 Å². The summed E-state index contributed by atoms with van der Waals surface area (Å²) in [5.41, 5.74) is 0.966. The monoisotopic (exact) mass is 435 g/mol. The van der Waals surface area contributed by atoms with Gasteiger partial charge in [0.05, 0.1) is 12.5 Å². The van der Waals surface area contributed by atoms with E-state index in [1.54, 1.807) is 6.92 Å². The van der Waals surface area contributed by atoms with Crippen molar-refractivity contribution in [3.63, 3.8) is 0 Å². The lowest BCUT2D eigenvalue weighted by Crippen LogP contribution is -2.31. The molecule has 2 aromatic carbocycles. The number of nitrogens with zero attached hydrogens (tertiary/aromatic N) is 1. The van der Waals surface area contributed by atoms with Crippen molar-refractivity contribution in [2.24, 2.45) is 0 Å². The number of hydrogen-bond acceptors (Lipinski definition) is 5. The Morgan fingerprint density at radius 2 is 2.00 bits per heavy atom. The van der Waals surface area contributed by atoms with E-state index in [1.165, 1.54) is 44.4 Å². The summed E-state index contributed by atoms with van der Waals surface area (Å²) in [4.78, 5) is 24.8. The lowest BCUT2D eigenvalue weighted by atomic mass is 9.89. The molecule has 0 spiro atoms. The first-order valence-corrected chi connectivity index (χ1v) is 10.7. The molecule has 8 nitrogen and oxygen atoms in total. The number of ether oxygens (including phenoxy) is 1. The molecular formula is C20H22FN3O5S. The molecule has 0 aliphatic carbocycles. The SMILES string of the molecule is CCOc1ccc(NC(=O)C2CC(=O)Nc3cc(F)ccc32)cc1S(=O)(=O)N(C)C. The highest BCUT2D eigenvalue weighted by Crippen LogP contribution is 2.34. The van der Waals surface area contributed by atoms with E-state index in [4.69, 9.17) is 4.74 Å². The number of sulfonamides is 1. The van der Waals surface area contributed by atoms with Crippen molar-refractivity contribution in [2.75, 3.05) is 31.3 Å². The van der Waals surface area contributed by atoms with E-state index < -0.39 is 33.6 Å². The zero-order valence-electron chi connectivity index (χ0n) is 16.7. The molecule has 0 fully saturated rings. The number of carbonyl (C=O) groups is 2. The van der Waals surface area contributed by atoms with Gasteiger partial charge in [-0.1, -0.05) is 6.07 Å². The second kappa shape index (κ2) is 8.41. The Balaban J connectivity index is 1.94. The highest BCUT2D eigenvalue weighted by Gasteiger charge is 2.31. The highest BCUT2D eigenvalue weighted by atomic mass is 32.2. The molecule has 0 bridgehead atoms. The van der Waals surface area contributed by atoms with Crippen LogP contribution in [0.3, 0.4) is 0 Å². The number of halogens is 1. The van der Waals surface area contributed by atoms with E-state index in [0.717, 1.165) is 10.4 Å². The minimum atomic E-state index is -3.82. The van der Waals surface area contributed by atoms with Crippen LogP contribution >= 0.6 is 0 Å². The van der Waals surface area contributed by atoms with Gasteiger partial charge in [0, 0.05) is 31.9 Å². The van der Waals surface area contributed by atoms with Gasteiger partial charge in [-0.25, -0.2) is 17.1 Å². The zero-order valence-corrected chi connectivity index (χ0v) is 17.5. The first-order valence-electron chi connectivity index (χ1n) is 9.23. The maximum atomic E-state index is 13.5. The molecule has 30 heavy (non-hydrogen) atoms. The second-order valence-corrected chi connectivity index (χ2v) is 9.03. The summed E-state index contributed by atoms with van der Waals surface area (Å²) in [7, 11) is -1.03. The summed E-state index contributed by atoms with van der Waals surface area (Å²) >= 11 is 0. The van der Waals surface area contributed by atoms with Crippen molar-refractivity contribution in [1.29, 1.82) is 0 Å². The van der Waals surface area contributed by atoms with E-state index in [0.29, 0.717) is 5.56 Å². The van der Waals surface area contributed by atoms with Crippen molar-refractivity contribution >= 4 is 33.2 Å². The van der Waals surface area contributed by atoms with Gasteiger partial charge in [0.25, 0.3) is 0 Å². The van der Waals surface area contributed by atoms with Crippen LogP contribution in [0.1, 0.15) is 24.8 Å². The largest absolute Gasteiger partial charge is 0.492 e. The van der Waals surface area contributed by atoms with E-state index in [2.05, 4.69) is 10.6 Å². The Bertz CT molecular complexity index is 1100. The lowest BCUT2D eigenvalue weighted by molar-refractivity contribution is -0.123. The average Bonchev–Trinajstić information content (AvgIpc) is 2.68. The van der Waals surface area contributed by atoms with Gasteiger partial charge in [-0.3, -0.25) is 9.59 Å². The predicted octanol–water partition coefficient (Wildman–Crippen LogP) is 2.54. The van der Waals surface area contributed by atoms with Crippen molar-refractivity contribution in [2.45, 2.75) is 24.2 Å². The van der Waals surface area contributed by atoms with Crippen molar-refractivity contribution in [3.05, 3.63) is 47.8 Å². The molecule has 0 aromatic heterocycles. The number of amides is 2. The van der Waals surface area contributed by atoms with Crippen LogP contribution in [0.25, 0.3) is 0 Å². The number of fused-ring (bicyclic) bond motifs is 1. The van der Waals surface area contributed by atoms with Crippen LogP contribution in [0, 0.1) is 5.82 Å². The Morgan fingerprint density at radius 3 is 2.67 bits per heavy atom. The number of anilines is 2. The number of carbonyl (C=O) groups excluding carboxylic acids is 2. The smallest absolute Gasteiger partial charge is 0.246 e. The number of benzene rings is 2. The van der Waals surface area contributed by atoms with Crippen molar-refractivity contribution in [1.82, 2.24) is 4.31 Å². The van der Waals surface area contributed by atoms with E-state index in [-0.39, 0.29) is 35.0 Å². The molecule has 1 heterocycles. The number of hydrogen-bond donors (Lipinski definition) is 2. The molecule has 2 amide bonds. The Kier molecular flexibility index (Phi) is 6.09. The van der Waals surface area contributed by atoms with Crippen molar-refractivity contribution < 1.29 is 27.1 Å². The Labute approximate surface area is 174 Å². The van der Waals surface area contributed by atoms with Crippen LogP contribution in [0.4, 0.5) is 15.8 Å². The van der Waals surface area contributed by atoms with Gasteiger partial charge >= 0.3 is 0 Å². The Hall–Kier alpha value is -2.98. The van der Waals surface area contributed by atoms with Gasteiger partial charge in [0.2, 0.25) is 21.8 Å².